The number of hydrogen-bond donors (Lipinski definition) is 0. The number of alkyl halides is 3. The second-order valence-corrected chi connectivity index (χ2v) is 13.6. The first kappa shape index (κ1) is 25.6. The molecule has 0 bridgehead atoms. The van der Waals surface area contributed by atoms with Gasteiger partial charge in [0.25, 0.3) is 0 Å². The molecule has 180 valence electrons. The van der Waals surface area contributed by atoms with Gasteiger partial charge in [-0.15, -0.1) is 0 Å². The number of hydrogen-bond acceptors (Lipinski definition) is 3. The number of likely N-dealkylation sites (tertiary alicyclic amines) is 1. The van der Waals surface area contributed by atoms with Gasteiger partial charge in [0.1, 0.15) is 0 Å². The summed E-state index contributed by atoms with van der Waals surface area (Å²) < 4.78 is 67.7. The van der Waals surface area contributed by atoms with Gasteiger partial charge in [-0.25, -0.2) is 0 Å². The number of benzene rings is 1. The Morgan fingerprint density at radius 1 is 1.16 bits per heavy atom. The molecule has 2 fully saturated rings. The number of sulfonamides is 1. The Morgan fingerprint density at radius 2 is 1.75 bits per heavy atom. The second-order valence-electron chi connectivity index (χ2n) is 9.12. The van der Waals surface area contributed by atoms with E-state index < -0.39 is 21.8 Å². The average molecular weight is 536 g/mol. The van der Waals surface area contributed by atoms with Crippen LogP contribution in [0.3, 0.4) is 0 Å². The standard InChI is InChI=1S/C22H32AsF3N2O3S/c1-15(2)13-20(23-3)21(29)27-11-9-18(10-12-27)28(17-7-8-17)32(30,31)19-6-4-5-16(14-19)22(24,25)26/h4-6,14-15,17-18,20,23H,7-13H2,1-3H3/t20-/m1/s1. The number of rotatable bonds is 8. The van der Waals surface area contributed by atoms with Gasteiger partial charge in [-0.05, 0) is 0 Å². The Morgan fingerprint density at radius 3 is 2.25 bits per heavy atom. The van der Waals surface area contributed by atoms with E-state index in [1.165, 1.54) is 10.4 Å². The molecule has 1 saturated carbocycles. The quantitative estimate of drug-likeness (QED) is 0.469. The van der Waals surface area contributed by atoms with Crippen molar-refractivity contribution in [3.63, 3.8) is 0 Å². The zero-order valence-corrected chi connectivity index (χ0v) is 21.6. The average Bonchev–Trinajstić information content (AvgIpc) is 3.56. The van der Waals surface area contributed by atoms with E-state index in [1.807, 2.05) is 4.90 Å². The molecule has 1 saturated heterocycles. The van der Waals surface area contributed by atoms with Crippen LogP contribution in [-0.2, 0) is 21.0 Å². The van der Waals surface area contributed by atoms with E-state index in [0.29, 0.717) is 44.7 Å². The van der Waals surface area contributed by atoms with Crippen LogP contribution in [0.2, 0.25) is 10.4 Å². The van der Waals surface area contributed by atoms with Gasteiger partial charge in [0, 0.05) is 0 Å². The molecule has 0 aromatic heterocycles. The van der Waals surface area contributed by atoms with Crippen LogP contribution in [0, 0.1) is 5.92 Å². The molecule has 3 rings (SSSR count). The summed E-state index contributed by atoms with van der Waals surface area (Å²) in [6, 6.07) is 3.52. The molecule has 2 aliphatic rings. The molecule has 5 nitrogen and oxygen atoms in total. The van der Waals surface area contributed by atoms with Gasteiger partial charge in [-0.1, -0.05) is 0 Å². The molecule has 1 aromatic carbocycles. The fourth-order valence-corrected chi connectivity index (χ4v) is 8.71. The van der Waals surface area contributed by atoms with Crippen molar-refractivity contribution in [1.82, 2.24) is 9.21 Å². The summed E-state index contributed by atoms with van der Waals surface area (Å²) in [7, 11) is -4.06. The van der Waals surface area contributed by atoms with E-state index in [1.54, 1.807) is 0 Å². The van der Waals surface area contributed by atoms with E-state index in [0.717, 1.165) is 24.6 Å². The first-order valence-corrected chi connectivity index (χ1v) is 15.9. The van der Waals surface area contributed by atoms with Crippen molar-refractivity contribution in [2.45, 2.75) is 79.5 Å². The van der Waals surface area contributed by atoms with Crippen LogP contribution in [-0.4, -0.2) is 64.5 Å². The summed E-state index contributed by atoms with van der Waals surface area (Å²) in [6.07, 6.45) is -1.26. The normalized spacial score (nSPS) is 19.9. The molecule has 0 radical (unpaired) electrons. The number of piperidine rings is 1. The SMILES string of the molecule is C[AsH][C@H](CC(C)C)C(=O)N1CCC(N(C2CC2)S(=O)(=O)c2cccc(C(F)(F)F)c2)CC1. The topological polar surface area (TPSA) is 57.7 Å². The predicted octanol–water partition coefficient (Wildman–Crippen LogP) is 4.17. The molecule has 1 aliphatic heterocycles. The molecule has 1 heterocycles. The molecule has 1 aromatic rings. The van der Waals surface area contributed by atoms with E-state index >= 15 is 0 Å². The van der Waals surface area contributed by atoms with Crippen molar-refractivity contribution in [1.29, 1.82) is 0 Å². The van der Waals surface area contributed by atoms with Crippen molar-refractivity contribution >= 4 is 31.7 Å². The Balaban J connectivity index is 1.75. The fraction of sp³-hybridized carbons (Fsp3) is 0.682. The van der Waals surface area contributed by atoms with Crippen molar-refractivity contribution < 1.29 is 26.4 Å². The van der Waals surface area contributed by atoms with E-state index in [-0.39, 0.29) is 43.3 Å². The molecule has 10 heteroatoms. The van der Waals surface area contributed by atoms with Crippen molar-refractivity contribution in [2.75, 3.05) is 13.1 Å². The minimum absolute atomic E-state index is 0.0972. The Kier molecular flexibility index (Phi) is 8.04. The van der Waals surface area contributed by atoms with Gasteiger partial charge in [0.05, 0.1) is 0 Å². The van der Waals surface area contributed by atoms with Crippen LogP contribution in [0.25, 0.3) is 0 Å². The summed E-state index contributed by atoms with van der Waals surface area (Å²) in [4.78, 5) is 14.5. The fourth-order valence-electron chi connectivity index (χ4n) is 4.35. The van der Waals surface area contributed by atoms with Crippen LogP contribution >= 0.6 is 0 Å². The number of amides is 1. The third-order valence-electron chi connectivity index (χ3n) is 6.13. The van der Waals surface area contributed by atoms with Gasteiger partial charge < -0.3 is 0 Å². The van der Waals surface area contributed by atoms with Crippen LogP contribution in [0.4, 0.5) is 13.2 Å². The zero-order chi connectivity index (χ0) is 23.7. The van der Waals surface area contributed by atoms with Crippen molar-refractivity contribution in [3.05, 3.63) is 29.8 Å². The van der Waals surface area contributed by atoms with Crippen LogP contribution in [0.1, 0.15) is 51.5 Å². The van der Waals surface area contributed by atoms with Gasteiger partial charge in [0.2, 0.25) is 0 Å². The Bertz CT molecular complexity index is 911. The summed E-state index contributed by atoms with van der Waals surface area (Å²) in [6.45, 7) is 5.21. The first-order valence-electron chi connectivity index (χ1n) is 11.1. The van der Waals surface area contributed by atoms with E-state index in [4.69, 9.17) is 0 Å². The van der Waals surface area contributed by atoms with E-state index in [2.05, 4.69) is 19.6 Å². The number of carbonyl (C=O) groups is 1. The zero-order valence-electron chi connectivity index (χ0n) is 18.7. The predicted molar refractivity (Wildman–Crippen MR) is 119 cm³/mol. The van der Waals surface area contributed by atoms with Crippen LogP contribution in [0.15, 0.2) is 29.2 Å². The molecular weight excluding hydrogens is 504 g/mol. The van der Waals surface area contributed by atoms with Gasteiger partial charge in [0.15, 0.2) is 0 Å². The van der Waals surface area contributed by atoms with E-state index in [9.17, 15) is 26.4 Å². The molecular formula is C22H32AsF3N2O3S. The van der Waals surface area contributed by atoms with Gasteiger partial charge >= 0.3 is 182 Å². The number of nitrogens with zero attached hydrogens (tertiary/aromatic N) is 2. The van der Waals surface area contributed by atoms with Crippen LogP contribution < -0.4 is 0 Å². The Hall–Kier alpha value is -1.05. The molecule has 0 spiro atoms. The van der Waals surface area contributed by atoms with Crippen LogP contribution in [0.5, 0.6) is 0 Å². The number of halogens is 3. The summed E-state index contributed by atoms with van der Waals surface area (Å²) in [5, 5.41) is 0. The monoisotopic (exact) mass is 536 g/mol. The van der Waals surface area contributed by atoms with Gasteiger partial charge in [-0.2, -0.15) is 13.2 Å². The molecule has 2 atom stereocenters. The molecule has 32 heavy (non-hydrogen) atoms. The van der Waals surface area contributed by atoms with Crippen molar-refractivity contribution in [3.8, 4) is 0 Å². The summed E-state index contributed by atoms with van der Waals surface area (Å²) >= 11 is -0.374. The minimum atomic E-state index is -4.60. The molecule has 1 amide bonds. The van der Waals surface area contributed by atoms with Gasteiger partial charge in [-0.3, -0.25) is 0 Å². The molecule has 1 aliphatic carbocycles. The maximum atomic E-state index is 13.4. The van der Waals surface area contributed by atoms with Crippen molar-refractivity contribution in [2.24, 2.45) is 5.92 Å². The number of carbonyl (C=O) groups excluding carboxylic acids is 1. The summed E-state index contributed by atoms with van der Waals surface area (Å²) in [5.74, 6) is 0.631. The molecule has 1 unspecified atom stereocenters. The summed E-state index contributed by atoms with van der Waals surface area (Å²) in [5.41, 5.74) is 1.17. The third-order valence-corrected chi connectivity index (χ3v) is 10.6. The second kappa shape index (κ2) is 10.1. The maximum absolute atomic E-state index is 13.4. The third kappa shape index (κ3) is 5.89. The first-order chi connectivity index (χ1) is 14.9. The Labute approximate surface area is 195 Å². The molecule has 0 N–H and O–H groups in total.